The summed E-state index contributed by atoms with van der Waals surface area (Å²) in [6, 6.07) is 4.08. The van der Waals surface area contributed by atoms with Crippen LogP contribution in [0.4, 0.5) is 0 Å². The van der Waals surface area contributed by atoms with Crippen molar-refractivity contribution in [2.24, 2.45) is 0 Å². The van der Waals surface area contributed by atoms with E-state index in [1.54, 1.807) is 14.2 Å². The lowest BCUT2D eigenvalue weighted by atomic mass is 9.61. The number of hydrogen-bond acceptors (Lipinski definition) is 3. The van der Waals surface area contributed by atoms with Crippen molar-refractivity contribution in [2.45, 2.75) is 44.9 Å². The van der Waals surface area contributed by atoms with Crippen LogP contribution in [-0.2, 0) is 16.6 Å². The highest BCUT2D eigenvalue weighted by atomic mass is 16.5. The van der Waals surface area contributed by atoms with Gasteiger partial charge in [0.25, 0.3) is 0 Å². The monoisotopic (exact) mass is 286 g/mol. The van der Waals surface area contributed by atoms with Gasteiger partial charge in [0.15, 0.2) is 5.78 Å². The Balaban J connectivity index is 2.25. The molecule has 0 saturated carbocycles. The van der Waals surface area contributed by atoms with Crippen molar-refractivity contribution in [1.29, 1.82) is 0 Å². The Kier molecular flexibility index (Phi) is 3.31. The number of rotatable bonds is 2. The van der Waals surface area contributed by atoms with Gasteiger partial charge in [-0.3, -0.25) is 4.79 Å². The van der Waals surface area contributed by atoms with Gasteiger partial charge < -0.3 is 9.47 Å². The largest absolute Gasteiger partial charge is 0.497 e. The SMILES string of the molecule is COc1cc(OC)c2c(c1)C1(C)CCC(=O)C(C)=C1CC2. The molecule has 2 aliphatic rings. The second kappa shape index (κ2) is 4.90. The third-order valence-corrected chi connectivity index (χ3v) is 5.25. The lowest BCUT2D eigenvalue weighted by Crippen LogP contribution is -2.36. The summed E-state index contributed by atoms with van der Waals surface area (Å²) in [6.07, 6.45) is 3.38. The molecule has 112 valence electrons. The summed E-state index contributed by atoms with van der Waals surface area (Å²) in [6.45, 7) is 4.24. The van der Waals surface area contributed by atoms with Crippen LogP contribution in [0, 0.1) is 0 Å². The molecule has 0 radical (unpaired) electrons. The Bertz CT molecular complexity index is 642. The maximum absolute atomic E-state index is 12.0. The van der Waals surface area contributed by atoms with Crippen LogP contribution in [0.2, 0.25) is 0 Å². The third-order valence-electron chi connectivity index (χ3n) is 5.25. The molecule has 0 N–H and O–H groups in total. The molecule has 1 atom stereocenters. The highest BCUT2D eigenvalue weighted by Crippen LogP contribution is 2.51. The van der Waals surface area contributed by atoms with E-state index in [0.717, 1.165) is 36.3 Å². The molecule has 21 heavy (non-hydrogen) atoms. The number of ketones is 1. The van der Waals surface area contributed by atoms with Crippen molar-refractivity contribution in [1.82, 2.24) is 0 Å². The van der Waals surface area contributed by atoms with Crippen molar-refractivity contribution >= 4 is 5.78 Å². The smallest absolute Gasteiger partial charge is 0.158 e. The fraction of sp³-hybridized carbons (Fsp3) is 0.500. The number of carbonyl (C=O) groups excluding carboxylic acids is 1. The van der Waals surface area contributed by atoms with Gasteiger partial charge in [0.2, 0.25) is 0 Å². The lowest BCUT2D eigenvalue weighted by molar-refractivity contribution is -0.116. The van der Waals surface area contributed by atoms with E-state index in [1.165, 1.54) is 16.7 Å². The third kappa shape index (κ3) is 1.98. The van der Waals surface area contributed by atoms with E-state index in [2.05, 4.69) is 13.0 Å². The van der Waals surface area contributed by atoms with E-state index in [-0.39, 0.29) is 5.41 Å². The van der Waals surface area contributed by atoms with Crippen molar-refractivity contribution in [3.05, 3.63) is 34.4 Å². The van der Waals surface area contributed by atoms with Crippen molar-refractivity contribution in [3.8, 4) is 11.5 Å². The molecular weight excluding hydrogens is 264 g/mol. The summed E-state index contributed by atoms with van der Waals surface area (Å²) < 4.78 is 11.0. The van der Waals surface area contributed by atoms with Crippen LogP contribution in [0.15, 0.2) is 23.3 Å². The first-order valence-electron chi connectivity index (χ1n) is 7.50. The molecule has 0 aromatic heterocycles. The topological polar surface area (TPSA) is 35.5 Å². The summed E-state index contributed by atoms with van der Waals surface area (Å²) in [5, 5.41) is 0. The first-order chi connectivity index (χ1) is 10.0. The van der Waals surface area contributed by atoms with E-state index in [4.69, 9.17) is 9.47 Å². The predicted molar refractivity (Wildman–Crippen MR) is 82.2 cm³/mol. The molecule has 3 nitrogen and oxygen atoms in total. The minimum Gasteiger partial charge on any atom is -0.497 e. The van der Waals surface area contributed by atoms with Crippen LogP contribution in [0.5, 0.6) is 11.5 Å². The molecule has 0 spiro atoms. The van der Waals surface area contributed by atoms with E-state index in [0.29, 0.717) is 12.2 Å². The van der Waals surface area contributed by atoms with Crippen LogP contribution in [0.1, 0.15) is 44.2 Å². The second-order valence-corrected chi connectivity index (χ2v) is 6.21. The molecule has 1 aromatic carbocycles. The zero-order valence-corrected chi connectivity index (χ0v) is 13.2. The van der Waals surface area contributed by atoms with Crippen molar-refractivity contribution in [2.75, 3.05) is 14.2 Å². The molecule has 1 unspecified atom stereocenters. The van der Waals surface area contributed by atoms with E-state index < -0.39 is 0 Å². The van der Waals surface area contributed by atoms with Crippen LogP contribution in [0.25, 0.3) is 0 Å². The summed E-state index contributed by atoms with van der Waals surface area (Å²) in [4.78, 5) is 12.0. The highest BCUT2D eigenvalue weighted by Gasteiger charge is 2.42. The summed E-state index contributed by atoms with van der Waals surface area (Å²) in [5.41, 5.74) is 4.75. The first-order valence-corrected chi connectivity index (χ1v) is 7.50. The standard InChI is InChI=1S/C18H22O3/c1-11-14-6-5-13-15(18(14,2)8-7-16(11)19)9-12(20-3)10-17(13)21-4/h9-10H,5-8H2,1-4H3. The first kappa shape index (κ1) is 14.2. The van der Waals surface area contributed by atoms with Gasteiger partial charge in [-0.15, -0.1) is 0 Å². The van der Waals surface area contributed by atoms with E-state index in [9.17, 15) is 4.79 Å². The van der Waals surface area contributed by atoms with Crippen LogP contribution >= 0.6 is 0 Å². The number of methoxy groups -OCH3 is 2. The Morgan fingerprint density at radius 3 is 2.52 bits per heavy atom. The number of fused-ring (bicyclic) bond motifs is 3. The summed E-state index contributed by atoms with van der Waals surface area (Å²) >= 11 is 0. The Morgan fingerprint density at radius 1 is 1.10 bits per heavy atom. The van der Waals surface area contributed by atoms with Gasteiger partial charge in [0, 0.05) is 17.9 Å². The summed E-state index contributed by atoms with van der Waals surface area (Å²) in [5.74, 6) is 2.03. The predicted octanol–water partition coefficient (Wildman–Crippen LogP) is 3.59. The molecule has 3 rings (SSSR count). The Morgan fingerprint density at radius 2 is 1.86 bits per heavy atom. The number of allylic oxidation sites excluding steroid dienone is 2. The second-order valence-electron chi connectivity index (χ2n) is 6.21. The molecule has 3 heteroatoms. The van der Waals surface area contributed by atoms with Crippen molar-refractivity contribution in [3.63, 3.8) is 0 Å². The molecule has 0 saturated heterocycles. The molecule has 0 bridgehead atoms. The Hall–Kier alpha value is -1.77. The average molecular weight is 286 g/mol. The van der Waals surface area contributed by atoms with Gasteiger partial charge >= 0.3 is 0 Å². The molecule has 0 heterocycles. The van der Waals surface area contributed by atoms with Gasteiger partial charge in [-0.2, -0.15) is 0 Å². The van der Waals surface area contributed by atoms with E-state index in [1.807, 2.05) is 13.0 Å². The number of hydrogen-bond donors (Lipinski definition) is 0. The van der Waals surface area contributed by atoms with Crippen LogP contribution < -0.4 is 9.47 Å². The van der Waals surface area contributed by atoms with Crippen molar-refractivity contribution < 1.29 is 14.3 Å². The number of carbonyl (C=O) groups is 1. The van der Waals surface area contributed by atoms with Gasteiger partial charge in [-0.05, 0) is 49.0 Å². The number of Topliss-reactive ketones (excluding diaryl/α,β-unsaturated/α-hetero) is 1. The average Bonchev–Trinajstić information content (AvgIpc) is 2.50. The fourth-order valence-electron chi connectivity index (χ4n) is 3.96. The zero-order valence-electron chi connectivity index (χ0n) is 13.2. The van der Waals surface area contributed by atoms with Gasteiger partial charge in [-0.1, -0.05) is 12.5 Å². The maximum Gasteiger partial charge on any atom is 0.158 e. The molecule has 0 amide bonds. The fourth-order valence-corrected chi connectivity index (χ4v) is 3.96. The van der Waals surface area contributed by atoms with Gasteiger partial charge in [0.1, 0.15) is 11.5 Å². The number of ether oxygens (including phenoxy) is 2. The van der Waals surface area contributed by atoms with E-state index >= 15 is 0 Å². The van der Waals surface area contributed by atoms with Gasteiger partial charge in [0.05, 0.1) is 14.2 Å². The van der Waals surface area contributed by atoms with Crippen LogP contribution in [0.3, 0.4) is 0 Å². The molecule has 0 fully saturated rings. The quantitative estimate of drug-likeness (QED) is 0.833. The normalized spacial score (nSPS) is 24.5. The molecule has 0 aliphatic heterocycles. The minimum absolute atomic E-state index is 0.0621. The van der Waals surface area contributed by atoms with Crippen LogP contribution in [-0.4, -0.2) is 20.0 Å². The molecular formula is C18H22O3. The molecule has 1 aromatic rings. The Labute approximate surface area is 125 Å². The minimum atomic E-state index is -0.0621. The number of benzene rings is 1. The molecule has 2 aliphatic carbocycles. The highest BCUT2D eigenvalue weighted by molar-refractivity contribution is 5.97. The summed E-state index contributed by atoms with van der Waals surface area (Å²) in [7, 11) is 3.39. The van der Waals surface area contributed by atoms with Gasteiger partial charge in [-0.25, -0.2) is 0 Å². The maximum atomic E-state index is 12.0. The lowest BCUT2D eigenvalue weighted by Gasteiger charge is -2.43. The zero-order chi connectivity index (χ0) is 15.2.